The summed E-state index contributed by atoms with van der Waals surface area (Å²) in [5.41, 5.74) is 1.03. The number of para-hydroxylation sites is 1. The predicted molar refractivity (Wildman–Crippen MR) is 123 cm³/mol. The van der Waals surface area contributed by atoms with Crippen LogP contribution in [0.1, 0.15) is 44.9 Å². The van der Waals surface area contributed by atoms with Gasteiger partial charge in [-0.3, -0.25) is 14.4 Å². The molecule has 0 radical (unpaired) electrons. The SMILES string of the molecule is CC(C)C[C@H](C(=O)N[C@@H](CC(=O)O)C(=O)O)N1C(=O)N2CCc3c([nH]c4ccccc34)[C@@]2(C)C1=O. The van der Waals surface area contributed by atoms with Gasteiger partial charge in [-0.2, -0.15) is 0 Å². The van der Waals surface area contributed by atoms with Crippen LogP contribution in [0.3, 0.4) is 0 Å². The van der Waals surface area contributed by atoms with Gasteiger partial charge in [-0.05, 0) is 37.3 Å². The number of rotatable bonds is 8. The van der Waals surface area contributed by atoms with E-state index in [1.807, 2.05) is 38.1 Å². The van der Waals surface area contributed by atoms with Gasteiger partial charge >= 0.3 is 18.0 Å². The van der Waals surface area contributed by atoms with Gasteiger partial charge in [0.15, 0.2) is 5.54 Å². The molecule has 1 aromatic carbocycles. The normalized spacial score (nSPS) is 21.1. The second kappa shape index (κ2) is 8.71. The Bertz CT molecular complexity index is 1240. The van der Waals surface area contributed by atoms with Crippen molar-refractivity contribution in [3.05, 3.63) is 35.5 Å². The molecule has 186 valence electrons. The highest BCUT2D eigenvalue weighted by molar-refractivity contribution is 6.11. The average molecular weight is 485 g/mol. The zero-order valence-electron chi connectivity index (χ0n) is 19.7. The Hall–Kier alpha value is -3.89. The summed E-state index contributed by atoms with van der Waals surface area (Å²) < 4.78 is 0. The lowest BCUT2D eigenvalue weighted by atomic mass is 9.86. The summed E-state index contributed by atoms with van der Waals surface area (Å²) in [5.74, 6) is -4.50. The van der Waals surface area contributed by atoms with Crippen LogP contribution in [-0.4, -0.2) is 73.4 Å². The molecule has 0 aliphatic carbocycles. The maximum atomic E-state index is 13.9. The number of aromatic nitrogens is 1. The number of aliphatic carboxylic acids is 2. The number of H-pyrrole nitrogens is 1. The number of imide groups is 1. The van der Waals surface area contributed by atoms with Crippen molar-refractivity contribution in [2.24, 2.45) is 5.92 Å². The first-order chi connectivity index (χ1) is 16.5. The molecule has 2 aromatic rings. The molecule has 1 saturated heterocycles. The van der Waals surface area contributed by atoms with Gasteiger partial charge in [-0.25, -0.2) is 14.5 Å². The molecule has 3 atom stereocenters. The number of carbonyl (C=O) groups is 5. The number of aromatic amines is 1. The van der Waals surface area contributed by atoms with Gasteiger partial charge in [-0.15, -0.1) is 0 Å². The van der Waals surface area contributed by atoms with E-state index in [4.69, 9.17) is 5.11 Å². The van der Waals surface area contributed by atoms with Crippen LogP contribution in [0.2, 0.25) is 0 Å². The molecule has 4 N–H and O–H groups in total. The van der Waals surface area contributed by atoms with Crippen LogP contribution in [0.5, 0.6) is 0 Å². The molecule has 2 aliphatic heterocycles. The van der Waals surface area contributed by atoms with Crippen molar-refractivity contribution in [2.75, 3.05) is 6.54 Å². The number of nitrogens with zero attached hydrogens (tertiary/aromatic N) is 2. The van der Waals surface area contributed by atoms with Crippen LogP contribution >= 0.6 is 0 Å². The first kappa shape index (κ1) is 24.2. The minimum absolute atomic E-state index is 0.0895. The van der Waals surface area contributed by atoms with Crippen LogP contribution in [0, 0.1) is 5.92 Å². The molecule has 0 unspecified atom stereocenters. The highest BCUT2D eigenvalue weighted by atomic mass is 16.4. The van der Waals surface area contributed by atoms with E-state index in [0.717, 1.165) is 21.4 Å². The topological polar surface area (TPSA) is 160 Å². The number of benzene rings is 1. The number of fused-ring (bicyclic) bond motifs is 5. The van der Waals surface area contributed by atoms with Crippen LogP contribution in [0.4, 0.5) is 4.79 Å². The van der Waals surface area contributed by atoms with Crippen molar-refractivity contribution < 1.29 is 34.2 Å². The van der Waals surface area contributed by atoms with Gasteiger partial charge in [0.1, 0.15) is 12.1 Å². The van der Waals surface area contributed by atoms with Crippen molar-refractivity contribution in [1.29, 1.82) is 0 Å². The van der Waals surface area contributed by atoms with Gasteiger partial charge in [-0.1, -0.05) is 32.0 Å². The second-order valence-corrected chi connectivity index (χ2v) is 9.60. The number of amides is 4. The molecule has 11 nitrogen and oxygen atoms in total. The van der Waals surface area contributed by atoms with Gasteiger partial charge in [0.2, 0.25) is 5.91 Å². The monoisotopic (exact) mass is 484 g/mol. The summed E-state index contributed by atoms with van der Waals surface area (Å²) in [6.07, 6.45) is -0.214. The Labute approximate surface area is 201 Å². The van der Waals surface area contributed by atoms with E-state index in [-0.39, 0.29) is 18.9 Å². The Balaban J connectivity index is 1.72. The van der Waals surface area contributed by atoms with Crippen LogP contribution in [0.15, 0.2) is 24.3 Å². The van der Waals surface area contributed by atoms with Crippen molar-refractivity contribution in [3.63, 3.8) is 0 Å². The molecular formula is C24H28N4O7. The lowest BCUT2D eigenvalue weighted by Gasteiger charge is -2.36. The first-order valence-electron chi connectivity index (χ1n) is 11.5. The summed E-state index contributed by atoms with van der Waals surface area (Å²) in [6, 6.07) is 4.00. The third kappa shape index (κ3) is 3.90. The minimum atomic E-state index is -1.69. The summed E-state index contributed by atoms with van der Waals surface area (Å²) in [7, 11) is 0. The predicted octanol–water partition coefficient (Wildman–Crippen LogP) is 1.66. The van der Waals surface area contributed by atoms with Gasteiger partial charge in [0.05, 0.1) is 12.1 Å². The zero-order valence-corrected chi connectivity index (χ0v) is 19.7. The molecule has 1 fully saturated rings. The number of carboxylic acid groups (broad SMARTS) is 2. The highest BCUT2D eigenvalue weighted by Gasteiger charge is 2.60. The Morgan fingerprint density at radius 1 is 1.17 bits per heavy atom. The van der Waals surface area contributed by atoms with Crippen LogP contribution < -0.4 is 5.32 Å². The van der Waals surface area contributed by atoms with E-state index >= 15 is 0 Å². The van der Waals surface area contributed by atoms with Crippen molar-refractivity contribution in [3.8, 4) is 0 Å². The van der Waals surface area contributed by atoms with Crippen molar-refractivity contribution in [1.82, 2.24) is 20.1 Å². The lowest BCUT2D eigenvalue weighted by molar-refractivity contribution is -0.148. The van der Waals surface area contributed by atoms with Gasteiger partial charge in [0, 0.05) is 17.4 Å². The molecule has 2 aliphatic rings. The Morgan fingerprint density at radius 3 is 2.49 bits per heavy atom. The molecule has 0 saturated carbocycles. The van der Waals surface area contributed by atoms with Crippen molar-refractivity contribution in [2.45, 2.75) is 57.7 Å². The molecule has 0 spiro atoms. The van der Waals surface area contributed by atoms with E-state index in [0.29, 0.717) is 12.1 Å². The summed E-state index contributed by atoms with van der Waals surface area (Å²) in [5, 5.41) is 21.5. The van der Waals surface area contributed by atoms with Crippen LogP contribution in [0.25, 0.3) is 10.9 Å². The highest BCUT2D eigenvalue weighted by Crippen LogP contribution is 2.44. The number of hydrogen-bond donors (Lipinski definition) is 4. The van der Waals surface area contributed by atoms with E-state index < -0.39 is 53.8 Å². The molecule has 35 heavy (non-hydrogen) atoms. The molecule has 3 heterocycles. The molecule has 4 rings (SSSR count). The Kier molecular flexibility index (Phi) is 6.04. The zero-order chi connectivity index (χ0) is 25.7. The molecule has 11 heteroatoms. The second-order valence-electron chi connectivity index (χ2n) is 9.60. The number of hydrogen-bond acceptors (Lipinski definition) is 5. The Morgan fingerprint density at radius 2 is 1.86 bits per heavy atom. The maximum Gasteiger partial charge on any atom is 0.328 e. The third-order valence-corrected chi connectivity index (χ3v) is 6.80. The molecule has 1 aromatic heterocycles. The summed E-state index contributed by atoms with van der Waals surface area (Å²) >= 11 is 0. The van der Waals surface area contributed by atoms with Gasteiger partial charge in [0.25, 0.3) is 5.91 Å². The molecule has 0 bridgehead atoms. The summed E-state index contributed by atoms with van der Waals surface area (Å²) in [4.78, 5) is 68.8. The van der Waals surface area contributed by atoms with E-state index in [9.17, 15) is 29.1 Å². The van der Waals surface area contributed by atoms with E-state index in [1.165, 1.54) is 4.90 Å². The minimum Gasteiger partial charge on any atom is -0.481 e. The fraction of sp³-hybridized carbons (Fsp3) is 0.458. The fourth-order valence-corrected chi connectivity index (χ4v) is 5.11. The quantitative estimate of drug-likeness (QED) is 0.415. The first-order valence-corrected chi connectivity index (χ1v) is 11.5. The summed E-state index contributed by atoms with van der Waals surface area (Å²) in [6.45, 7) is 5.54. The van der Waals surface area contributed by atoms with E-state index in [1.54, 1.807) is 6.92 Å². The smallest absolute Gasteiger partial charge is 0.328 e. The number of carbonyl (C=O) groups excluding carboxylic acids is 3. The molecule has 4 amide bonds. The lowest BCUT2D eigenvalue weighted by Crippen LogP contribution is -2.54. The number of nitrogens with one attached hydrogen (secondary N) is 2. The van der Waals surface area contributed by atoms with E-state index in [2.05, 4.69) is 10.3 Å². The third-order valence-electron chi connectivity index (χ3n) is 6.80. The van der Waals surface area contributed by atoms with Crippen molar-refractivity contribution >= 4 is 40.7 Å². The average Bonchev–Trinajstić information content (AvgIpc) is 3.25. The van der Waals surface area contributed by atoms with Gasteiger partial charge < -0.3 is 25.4 Å². The van der Waals surface area contributed by atoms with Crippen LogP contribution in [-0.2, 0) is 31.1 Å². The largest absolute Gasteiger partial charge is 0.481 e. The number of urea groups is 1. The fourth-order valence-electron chi connectivity index (χ4n) is 5.11. The standard InChI is InChI=1S/C24H28N4O7/c1-12(2)10-17(20(31)26-16(21(32)33)11-18(29)30)28-22(34)24(3)19-14(8-9-27(24)23(28)35)13-6-4-5-7-15(13)25-19/h4-7,12,16-17,25H,8-11H2,1-3H3,(H,26,31)(H,29,30)(H,32,33)/t16-,17+,24-/m0/s1. The number of carboxylic acids is 2. The molecular weight excluding hydrogens is 456 g/mol. The maximum absolute atomic E-state index is 13.9.